The molecule has 1 aromatic carbocycles. The molecule has 0 saturated carbocycles. The third kappa shape index (κ3) is 6.64. The molecule has 2 rings (SSSR count). The van der Waals surface area contributed by atoms with E-state index in [0.717, 1.165) is 38.3 Å². The molecule has 0 spiro atoms. The zero-order valence-electron chi connectivity index (χ0n) is 15.4. The molecule has 1 aromatic rings. The lowest BCUT2D eigenvalue weighted by molar-refractivity contribution is -0.0517. The van der Waals surface area contributed by atoms with E-state index in [2.05, 4.69) is 44.7 Å². The van der Waals surface area contributed by atoms with Gasteiger partial charge in [0.15, 0.2) is 11.5 Å². The molecule has 26 heavy (non-hydrogen) atoms. The number of rotatable bonds is 9. The lowest BCUT2D eigenvalue weighted by Gasteiger charge is -2.34. The zero-order chi connectivity index (χ0) is 19.1. The molecule has 5 nitrogen and oxygen atoms in total. The second-order valence-electron chi connectivity index (χ2n) is 6.76. The largest absolute Gasteiger partial charge is 0.493 e. The quantitative estimate of drug-likeness (QED) is 0.641. The molecule has 0 radical (unpaired) electrons. The van der Waals surface area contributed by atoms with E-state index in [-0.39, 0.29) is 17.6 Å². The number of methoxy groups -OCH3 is 1. The normalized spacial score (nSPS) is 18.5. The van der Waals surface area contributed by atoms with Crippen molar-refractivity contribution < 1.29 is 23.0 Å². The van der Waals surface area contributed by atoms with Gasteiger partial charge in [0.05, 0.1) is 24.3 Å². The van der Waals surface area contributed by atoms with Crippen molar-refractivity contribution in [1.82, 2.24) is 10.2 Å². The van der Waals surface area contributed by atoms with Gasteiger partial charge in [-0.1, -0.05) is 13.8 Å². The molecule has 1 saturated heterocycles. The van der Waals surface area contributed by atoms with Crippen LogP contribution in [0.5, 0.6) is 11.5 Å². The Morgan fingerprint density at radius 2 is 2.15 bits per heavy atom. The van der Waals surface area contributed by atoms with Gasteiger partial charge in [-0.3, -0.25) is 4.90 Å². The van der Waals surface area contributed by atoms with E-state index >= 15 is 0 Å². The van der Waals surface area contributed by atoms with Gasteiger partial charge in [-0.25, -0.2) is 0 Å². The van der Waals surface area contributed by atoms with Crippen molar-refractivity contribution in [3.8, 4) is 11.5 Å². The van der Waals surface area contributed by atoms with Gasteiger partial charge < -0.3 is 19.5 Å². The van der Waals surface area contributed by atoms with Crippen molar-refractivity contribution in [3.05, 3.63) is 22.2 Å². The summed E-state index contributed by atoms with van der Waals surface area (Å²) in [5.74, 6) is 0.917. The first-order valence-electron chi connectivity index (χ1n) is 8.75. The van der Waals surface area contributed by atoms with Crippen molar-refractivity contribution >= 4 is 15.9 Å². The number of alkyl halides is 2. The van der Waals surface area contributed by atoms with Crippen LogP contribution in [0.3, 0.4) is 0 Å². The fourth-order valence-electron chi connectivity index (χ4n) is 3.04. The summed E-state index contributed by atoms with van der Waals surface area (Å²) >= 11 is 3.27. The molecule has 0 aromatic heterocycles. The minimum absolute atomic E-state index is 0.00573. The molecular formula is C18H27BrF2N2O3. The van der Waals surface area contributed by atoms with E-state index in [9.17, 15) is 8.78 Å². The van der Waals surface area contributed by atoms with E-state index in [1.54, 1.807) is 12.1 Å². The first-order valence-corrected chi connectivity index (χ1v) is 9.54. The molecular weight excluding hydrogens is 410 g/mol. The highest BCUT2D eigenvalue weighted by Crippen LogP contribution is 2.37. The Hall–Kier alpha value is -0.960. The van der Waals surface area contributed by atoms with Gasteiger partial charge >= 0.3 is 6.61 Å². The van der Waals surface area contributed by atoms with E-state index in [4.69, 9.17) is 9.47 Å². The lowest BCUT2D eigenvalue weighted by Crippen LogP contribution is -2.47. The van der Waals surface area contributed by atoms with Crippen LogP contribution >= 0.6 is 15.9 Å². The van der Waals surface area contributed by atoms with E-state index in [1.165, 1.54) is 7.11 Å². The maximum atomic E-state index is 12.5. The smallest absolute Gasteiger partial charge is 0.387 e. The van der Waals surface area contributed by atoms with E-state index < -0.39 is 6.61 Å². The topological polar surface area (TPSA) is 43.0 Å². The maximum absolute atomic E-state index is 12.5. The van der Waals surface area contributed by atoms with Gasteiger partial charge in [-0.2, -0.15) is 8.78 Å². The molecule has 0 aliphatic carbocycles. The first kappa shape index (κ1) is 21.3. The standard InChI is InChI=1S/C18H27BrF2N2O3/c1-12(2)10-23-4-5-25-14(11-23)9-22-8-13-6-15(19)17(26-18(20)21)16(7-13)24-3/h6-7,12,14,18,22H,4-5,8-11H2,1-3H3. The highest BCUT2D eigenvalue weighted by molar-refractivity contribution is 9.10. The minimum atomic E-state index is -2.90. The lowest BCUT2D eigenvalue weighted by atomic mass is 10.1. The Labute approximate surface area is 162 Å². The third-order valence-electron chi connectivity index (χ3n) is 4.04. The van der Waals surface area contributed by atoms with Gasteiger partial charge in [0.2, 0.25) is 0 Å². The van der Waals surface area contributed by atoms with Crippen LogP contribution in [-0.4, -0.2) is 57.5 Å². The van der Waals surface area contributed by atoms with Gasteiger partial charge in [0.25, 0.3) is 0 Å². The van der Waals surface area contributed by atoms with Crippen molar-refractivity contribution in [2.75, 3.05) is 39.9 Å². The molecule has 1 aliphatic heterocycles. The second-order valence-corrected chi connectivity index (χ2v) is 7.62. The second kappa shape index (κ2) is 10.4. The van der Waals surface area contributed by atoms with Crippen molar-refractivity contribution in [2.24, 2.45) is 5.92 Å². The molecule has 148 valence electrons. The monoisotopic (exact) mass is 436 g/mol. The predicted molar refractivity (Wildman–Crippen MR) is 100 cm³/mol. The summed E-state index contributed by atoms with van der Waals surface area (Å²) in [5, 5.41) is 3.37. The Morgan fingerprint density at radius 3 is 2.81 bits per heavy atom. The van der Waals surface area contributed by atoms with Crippen molar-refractivity contribution in [3.63, 3.8) is 0 Å². The van der Waals surface area contributed by atoms with Crippen LogP contribution in [0.4, 0.5) is 8.78 Å². The summed E-state index contributed by atoms with van der Waals surface area (Å²) in [5.41, 5.74) is 0.908. The maximum Gasteiger partial charge on any atom is 0.387 e. The zero-order valence-corrected chi connectivity index (χ0v) is 17.0. The molecule has 1 N–H and O–H groups in total. The minimum Gasteiger partial charge on any atom is -0.493 e. The number of hydrogen-bond donors (Lipinski definition) is 1. The molecule has 1 atom stereocenters. The Balaban J connectivity index is 1.88. The predicted octanol–water partition coefficient (Wildman–Crippen LogP) is 3.51. The fraction of sp³-hybridized carbons (Fsp3) is 0.667. The number of nitrogens with zero attached hydrogens (tertiary/aromatic N) is 1. The molecule has 0 bridgehead atoms. The fourth-order valence-corrected chi connectivity index (χ4v) is 3.63. The van der Waals surface area contributed by atoms with Gasteiger partial charge in [0.1, 0.15) is 0 Å². The average Bonchev–Trinajstić information content (AvgIpc) is 2.56. The number of benzene rings is 1. The van der Waals surface area contributed by atoms with Crippen LogP contribution in [0.1, 0.15) is 19.4 Å². The summed E-state index contributed by atoms with van der Waals surface area (Å²) in [4.78, 5) is 2.43. The molecule has 1 aliphatic rings. The Bertz CT molecular complexity index is 576. The Morgan fingerprint density at radius 1 is 1.38 bits per heavy atom. The Kier molecular flexibility index (Phi) is 8.53. The van der Waals surface area contributed by atoms with Crippen LogP contribution in [0.2, 0.25) is 0 Å². The van der Waals surface area contributed by atoms with Gasteiger partial charge in [0, 0.05) is 32.7 Å². The van der Waals surface area contributed by atoms with Crippen molar-refractivity contribution in [2.45, 2.75) is 33.1 Å². The molecule has 1 unspecified atom stereocenters. The number of morpholine rings is 1. The average molecular weight is 437 g/mol. The molecule has 1 heterocycles. The first-order chi connectivity index (χ1) is 12.4. The van der Waals surface area contributed by atoms with Crippen LogP contribution in [0, 0.1) is 5.92 Å². The summed E-state index contributed by atoms with van der Waals surface area (Å²) in [6.07, 6.45) is 0.147. The molecule has 0 amide bonds. The number of nitrogens with one attached hydrogen (secondary N) is 1. The number of halogens is 3. The summed E-state index contributed by atoms with van der Waals surface area (Å²) in [6.45, 7) is 6.56. The number of hydrogen-bond acceptors (Lipinski definition) is 5. The summed E-state index contributed by atoms with van der Waals surface area (Å²) < 4.78 is 41.0. The SMILES string of the molecule is COc1cc(CNCC2CN(CC(C)C)CCO2)cc(Br)c1OC(F)F. The summed E-state index contributed by atoms with van der Waals surface area (Å²) in [6, 6.07) is 3.45. The van der Waals surface area contributed by atoms with Gasteiger partial charge in [-0.15, -0.1) is 0 Å². The van der Waals surface area contributed by atoms with Crippen LogP contribution in [-0.2, 0) is 11.3 Å². The summed E-state index contributed by atoms with van der Waals surface area (Å²) in [7, 11) is 1.43. The molecule has 8 heteroatoms. The van der Waals surface area contributed by atoms with Crippen LogP contribution < -0.4 is 14.8 Å². The highest BCUT2D eigenvalue weighted by Gasteiger charge is 2.21. The van der Waals surface area contributed by atoms with Crippen LogP contribution in [0.15, 0.2) is 16.6 Å². The van der Waals surface area contributed by atoms with Gasteiger partial charge in [-0.05, 0) is 39.5 Å². The van der Waals surface area contributed by atoms with Crippen LogP contribution in [0.25, 0.3) is 0 Å². The van der Waals surface area contributed by atoms with E-state index in [0.29, 0.717) is 16.9 Å². The third-order valence-corrected chi connectivity index (χ3v) is 4.63. The van der Waals surface area contributed by atoms with Crippen molar-refractivity contribution in [1.29, 1.82) is 0 Å². The van der Waals surface area contributed by atoms with E-state index in [1.807, 2.05) is 0 Å². The molecule has 1 fully saturated rings. The highest BCUT2D eigenvalue weighted by atomic mass is 79.9. The number of ether oxygens (including phenoxy) is 3.